The molecule has 1 aromatic heterocycles. The molecule has 0 spiro atoms. The zero-order valence-electron chi connectivity index (χ0n) is 9.96. The van der Waals surface area contributed by atoms with Gasteiger partial charge in [0.25, 0.3) is 0 Å². The molecule has 1 aromatic rings. The van der Waals surface area contributed by atoms with Crippen molar-refractivity contribution in [2.75, 3.05) is 31.2 Å². The van der Waals surface area contributed by atoms with Crippen LogP contribution in [0.25, 0.3) is 0 Å². The van der Waals surface area contributed by atoms with E-state index in [4.69, 9.17) is 5.73 Å². The minimum absolute atomic E-state index is 0.116. The van der Waals surface area contributed by atoms with Crippen LogP contribution in [0.1, 0.15) is 12.0 Å². The molecule has 1 unspecified atom stereocenters. The van der Waals surface area contributed by atoms with Gasteiger partial charge in [0.05, 0.1) is 5.56 Å². The third-order valence-corrected chi connectivity index (χ3v) is 2.92. The fourth-order valence-electron chi connectivity index (χ4n) is 2.05. The number of nitrogen functional groups attached to an aromatic ring is 1. The number of pyridine rings is 1. The summed E-state index contributed by atoms with van der Waals surface area (Å²) in [5, 5.41) is 2.99. The van der Waals surface area contributed by atoms with Crippen LogP contribution in [0.4, 0.5) is 24.8 Å². The Morgan fingerprint density at radius 3 is 2.72 bits per heavy atom. The maximum Gasteiger partial charge on any atom is 0.416 e. The maximum absolute atomic E-state index is 12.6. The van der Waals surface area contributed by atoms with Crippen LogP contribution in [0.2, 0.25) is 0 Å². The van der Waals surface area contributed by atoms with Gasteiger partial charge in [0.1, 0.15) is 11.6 Å². The van der Waals surface area contributed by atoms with E-state index in [9.17, 15) is 13.2 Å². The number of halogens is 3. The fourth-order valence-corrected chi connectivity index (χ4v) is 2.05. The van der Waals surface area contributed by atoms with Crippen LogP contribution in [0.15, 0.2) is 12.1 Å². The zero-order valence-corrected chi connectivity index (χ0v) is 9.96. The van der Waals surface area contributed by atoms with Gasteiger partial charge in [0.15, 0.2) is 0 Å². The summed E-state index contributed by atoms with van der Waals surface area (Å²) in [6, 6.07) is 1.95. The Morgan fingerprint density at radius 1 is 1.44 bits per heavy atom. The molecule has 1 aliphatic rings. The molecule has 1 saturated heterocycles. The van der Waals surface area contributed by atoms with E-state index >= 15 is 0 Å². The van der Waals surface area contributed by atoms with Crippen molar-refractivity contribution < 1.29 is 13.2 Å². The lowest BCUT2D eigenvalue weighted by atomic mass is 10.2. The fraction of sp³-hybridized carbons (Fsp3) is 0.545. The number of likely N-dealkylation sites (N-methyl/N-ethyl adjacent to an activating group) is 1. The Hall–Kier alpha value is -1.50. The normalized spacial score (nSPS) is 21.2. The lowest BCUT2D eigenvalue weighted by Crippen LogP contribution is -2.24. The van der Waals surface area contributed by atoms with Crippen LogP contribution in [0.5, 0.6) is 0 Å². The molecule has 3 N–H and O–H groups in total. The highest BCUT2D eigenvalue weighted by molar-refractivity contribution is 5.48. The van der Waals surface area contributed by atoms with Gasteiger partial charge in [-0.05, 0) is 32.1 Å². The van der Waals surface area contributed by atoms with Gasteiger partial charge < -0.3 is 16.0 Å². The maximum atomic E-state index is 12.6. The van der Waals surface area contributed by atoms with E-state index in [1.54, 1.807) is 0 Å². The minimum atomic E-state index is -4.40. The first-order valence-corrected chi connectivity index (χ1v) is 5.64. The smallest absolute Gasteiger partial charge is 0.384 e. The van der Waals surface area contributed by atoms with E-state index in [0.29, 0.717) is 0 Å². The van der Waals surface area contributed by atoms with Gasteiger partial charge in [-0.3, -0.25) is 0 Å². The molecule has 0 aromatic carbocycles. The molecular formula is C11H15F3N4. The molecule has 1 atom stereocenters. The lowest BCUT2D eigenvalue weighted by Gasteiger charge is -2.15. The average Bonchev–Trinajstić information content (AvgIpc) is 2.61. The van der Waals surface area contributed by atoms with Crippen molar-refractivity contribution in [1.82, 2.24) is 9.88 Å². The summed E-state index contributed by atoms with van der Waals surface area (Å²) in [4.78, 5) is 5.99. The number of anilines is 2. The molecule has 1 fully saturated rings. The first-order chi connectivity index (χ1) is 8.34. The first-order valence-electron chi connectivity index (χ1n) is 5.64. The molecule has 18 heavy (non-hydrogen) atoms. The van der Waals surface area contributed by atoms with Crippen LogP contribution in [0, 0.1) is 0 Å². The largest absolute Gasteiger partial charge is 0.416 e. The zero-order chi connectivity index (χ0) is 13.3. The molecule has 0 amide bonds. The highest BCUT2D eigenvalue weighted by Gasteiger charge is 2.31. The summed E-state index contributed by atoms with van der Waals surface area (Å²) in [7, 11) is 1.97. The average molecular weight is 260 g/mol. The van der Waals surface area contributed by atoms with Gasteiger partial charge in [0.2, 0.25) is 0 Å². The molecule has 0 saturated carbocycles. The molecular weight excluding hydrogens is 245 g/mol. The highest BCUT2D eigenvalue weighted by Crippen LogP contribution is 2.31. The quantitative estimate of drug-likeness (QED) is 0.851. The number of alkyl halides is 3. The van der Waals surface area contributed by atoms with Crippen LogP contribution < -0.4 is 11.1 Å². The number of nitrogens with two attached hydrogens (primary N) is 1. The van der Waals surface area contributed by atoms with E-state index in [1.165, 1.54) is 0 Å². The summed E-state index contributed by atoms with van der Waals surface area (Å²) in [6.45, 7) is 1.71. The number of hydrogen-bond donors (Lipinski definition) is 2. The van der Waals surface area contributed by atoms with E-state index in [1.807, 2.05) is 7.05 Å². The summed E-state index contributed by atoms with van der Waals surface area (Å²) < 4.78 is 37.8. The number of aromatic nitrogens is 1. The lowest BCUT2D eigenvalue weighted by molar-refractivity contribution is -0.137. The summed E-state index contributed by atoms with van der Waals surface area (Å²) >= 11 is 0. The highest BCUT2D eigenvalue weighted by atomic mass is 19.4. The minimum Gasteiger partial charge on any atom is -0.384 e. The predicted molar refractivity (Wildman–Crippen MR) is 63.2 cm³/mol. The molecule has 0 aliphatic carbocycles. The van der Waals surface area contributed by atoms with Crippen molar-refractivity contribution >= 4 is 11.6 Å². The molecule has 2 rings (SSSR count). The molecule has 4 nitrogen and oxygen atoms in total. The SMILES string of the molecule is CN1CCC(Nc2cc(C(F)(F)F)cc(N)n2)C1. The molecule has 2 heterocycles. The Balaban J connectivity index is 2.15. The van der Waals surface area contributed by atoms with Gasteiger partial charge in [-0.2, -0.15) is 13.2 Å². The summed E-state index contributed by atoms with van der Waals surface area (Å²) in [5.74, 6) is 0.0568. The first kappa shape index (κ1) is 12.9. The van der Waals surface area contributed by atoms with Gasteiger partial charge >= 0.3 is 6.18 Å². The third kappa shape index (κ3) is 3.04. The topological polar surface area (TPSA) is 54.2 Å². The van der Waals surface area contributed by atoms with Crippen molar-refractivity contribution in [3.8, 4) is 0 Å². The van der Waals surface area contributed by atoms with E-state index in [0.717, 1.165) is 31.6 Å². The number of rotatable bonds is 2. The van der Waals surface area contributed by atoms with Crippen molar-refractivity contribution in [2.45, 2.75) is 18.6 Å². The third-order valence-electron chi connectivity index (χ3n) is 2.92. The molecule has 7 heteroatoms. The Bertz CT molecular complexity index is 433. The van der Waals surface area contributed by atoms with Crippen LogP contribution in [0.3, 0.4) is 0 Å². The monoisotopic (exact) mass is 260 g/mol. The second kappa shape index (κ2) is 4.64. The van der Waals surface area contributed by atoms with Gasteiger partial charge in [-0.1, -0.05) is 0 Å². The standard InChI is InChI=1S/C11H15F3N4/c1-18-3-2-8(6-18)16-10-5-7(11(12,13)14)4-9(15)17-10/h4-5,8H,2-3,6H2,1H3,(H3,15,16,17). The number of nitrogens with one attached hydrogen (secondary N) is 1. The van der Waals surface area contributed by atoms with Crippen LogP contribution in [-0.4, -0.2) is 36.1 Å². The molecule has 100 valence electrons. The Labute approximate surface area is 103 Å². The molecule has 1 aliphatic heterocycles. The molecule has 0 radical (unpaired) electrons. The van der Waals surface area contributed by atoms with Crippen molar-refractivity contribution in [1.29, 1.82) is 0 Å². The van der Waals surface area contributed by atoms with E-state index < -0.39 is 11.7 Å². The van der Waals surface area contributed by atoms with Gasteiger partial charge in [0, 0.05) is 12.6 Å². The number of nitrogens with zero attached hydrogens (tertiary/aromatic N) is 2. The summed E-state index contributed by atoms with van der Waals surface area (Å²) in [6.07, 6.45) is -3.52. The summed E-state index contributed by atoms with van der Waals surface area (Å²) in [5.41, 5.74) is 4.62. The number of likely N-dealkylation sites (tertiary alicyclic amines) is 1. The van der Waals surface area contributed by atoms with E-state index in [-0.39, 0.29) is 17.7 Å². The molecule has 0 bridgehead atoms. The van der Waals surface area contributed by atoms with E-state index in [2.05, 4.69) is 15.2 Å². The Kier molecular flexibility index (Phi) is 3.34. The second-order valence-electron chi connectivity index (χ2n) is 4.56. The van der Waals surface area contributed by atoms with Crippen molar-refractivity contribution in [2.24, 2.45) is 0 Å². The number of hydrogen-bond acceptors (Lipinski definition) is 4. The van der Waals surface area contributed by atoms with Crippen LogP contribution >= 0.6 is 0 Å². The van der Waals surface area contributed by atoms with Crippen molar-refractivity contribution in [3.63, 3.8) is 0 Å². The Morgan fingerprint density at radius 2 is 2.17 bits per heavy atom. The predicted octanol–water partition coefficient (Wildman–Crippen LogP) is 1.80. The second-order valence-corrected chi connectivity index (χ2v) is 4.56. The van der Waals surface area contributed by atoms with Crippen molar-refractivity contribution in [3.05, 3.63) is 17.7 Å². The van der Waals surface area contributed by atoms with Gasteiger partial charge in [-0.25, -0.2) is 4.98 Å². The van der Waals surface area contributed by atoms with Gasteiger partial charge in [-0.15, -0.1) is 0 Å². The van der Waals surface area contributed by atoms with Crippen LogP contribution in [-0.2, 0) is 6.18 Å².